The average Bonchev–Trinajstić information content (AvgIpc) is 2.87. The maximum absolute atomic E-state index is 11.5. The molecule has 0 saturated carbocycles. The predicted molar refractivity (Wildman–Crippen MR) is 89.3 cm³/mol. The maximum Gasteiger partial charge on any atom is 0.239 e. The Morgan fingerprint density at radius 3 is 2.73 bits per heavy atom. The second kappa shape index (κ2) is 8.63. The van der Waals surface area contributed by atoms with Gasteiger partial charge in [-0.25, -0.2) is 0 Å². The number of fused-ring (bicyclic) bond motifs is 1. The van der Waals surface area contributed by atoms with Gasteiger partial charge in [0.15, 0.2) is 0 Å². The highest BCUT2D eigenvalue weighted by Gasteiger charge is 2.06. The number of halogens is 2. The van der Waals surface area contributed by atoms with Crippen LogP contribution < -0.4 is 16.4 Å². The van der Waals surface area contributed by atoms with Gasteiger partial charge >= 0.3 is 0 Å². The van der Waals surface area contributed by atoms with E-state index in [1.54, 1.807) is 0 Å². The number of aromatic amines is 1. The molecular weight excluding hydrogens is 327 g/mol. The molecule has 5 N–H and O–H groups in total. The molecular formula is C14H18Cl2N4O2. The number of carbonyl (C=O) groups is 2. The van der Waals surface area contributed by atoms with Crippen molar-refractivity contribution in [2.24, 2.45) is 5.73 Å². The predicted octanol–water partition coefficient (Wildman–Crippen LogP) is 0.977. The van der Waals surface area contributed by atoms with Crippen molar-refractivity contribution in [3.8, 4) is 0 Å². The van der Waals surface area contributed by atoms with Crippen LogP contribution in [0.15, 0.2) is 24.4 Å². The molecule has 0 aliphatic rings. The van der Waals surface area contributed by atoms with Crippen LogP contribution in [0.25, 0.3) is 10.9 Å². The Labute approximate surface area is 139 Å². The number of amides is 2. The van der Waals surface area contributed by atoms with Crippen molar-refractivity contribution in [2.75, 3.05) is 19.6 Å². The molecule has 0 fully saturated rings. The minimum atomic E-state index is -0.351. The Morgan fingerprint density at radius 1 is 1.23 bits per heavy atom. The number of aromatic nitrogens is 1. The summed E-state index contributed by atoms with van der Waals surface area (Å²) in [5.74, 6) is -0.592. The van der Waals surface area contributed by atoms with E-state index in [0.29, 0.717) is 18.0 Å². The molecule has 2 rings (SSSR count). The maximum atomic E-state index is 11.5. The number of rotatable bonds is 6. The fraction of sp³-hybridized carbons (Fsp3) is 0.286. The summed E-state index contributed by atoms with van der Waals surface area (Å²) in [5.41, 5.74) is 7.22. The highest BCUT2D eigenvalue weighted by Crippen LogP contribution is 2.22. The van der Waals surface area contributed by atoms with Gasteiger partial charge in [-0.05, 0) is 30.2 Å². The lowest BCUT2D eigenvalue weighted by Gasteiger charge is -2.06. The fourth-order valence-electron chi connectivity index (χ4n) is 2.01. The molecule has 0 bridgehead atoms. The van der Waals surface area contributed by atoms with Crippen LogP contribution >= 0.6 is 24.0 Å². The molecule has 22 heavy (non-hydrogen) atoms. The molecule has 0 spiro atoms. The van der Waals surface area contributed by atoms with Gasteiger partial charge in [-0.3, -0.25) is 9.59 Å². The van der Waals surface area contributed by atoms with Crippen molar-refractivity contribution in [3.05, 3.63) is 35.0 Å². The lowest BCUT2D eigenvalue weighted by Crippen LogP contribution is -2.40. The first kappa shape index (κ1) is 18.3. The van der Waals surface area contributed by atoms with Crippen LogP contribution in [-0.2, 0) is 16.0 Å². The van der Waals surface area contributed by atoms with Crippen LogP contribution in [0.4, 0.5) is 0 Å². The van der Waals surface area contributed by atoms with Crippen molar-refractivity contribution in [1.29, 1.82) is 0 Å². The zero-order valence-corrected chi connectivity index (χ0v) is 13.4. The highest BCUT2D eigenvalue weighted by molar-refractivity contribution is 6.31. The number of carbonyl (C=O) groups excluding carboxylic acids is 2. The highest BCUT2D eigenvalue weighted by atomic mass is 35.5. The standard InChI is InChI=1S/C14H17ClN4O2.ClH/c15-10-1-2-12-11(5-10)9(7-18-12)3-4-17-14(21)8-19-13(20)6-16;/h1-2,5,7,18H,3-4,6,8,16H2,(H,17,21)(H,19,20);1H. The van der Waals surface area contributed by atoms with E-state index in [0.717, 1.165) is 16.5 Å². The van der Waals surface area contributed by atoms with Crippen molar-refractivity contribution < 1.29 is 9.59 Å². The second-order valence-electron chi connectivity index (χ2n) is 4.58. The quantitative estimate of drug-likeness (QED) is 0.628. The van der Waals surface area contributed by atoms with E-state index < -0.39 is 0 Å². The molecule has 0 unspecified atom stereocenters. The summed E-state index contributed by atoms with van der Waals surface area (Å²) in [6.07, 6.45) is 2.58. The average molecular weight is 345 g/mol. The van der Waals surface area contributed by atoms with Gasteiger partial charge in [0.05, 0.1) is 13.1 Å². The van der Waals surface area contributed by atoms with Crippen molar-refractivity contribution in [2.45, 2.75) is 6.42 Å². The van der Waals surface area contributed by atoms with Gasteiger partial charge in [0, 0.05) is 28.7 Å². The molecule has 8 heteroatoms. The lowest BCUT2D eigenvalue weighted by atomic mass is 10.1. The topological polar surface area (TPSA) is 100 Å². The zero-order chi connectivity index (χ0) is 15.2. The third kappa shape index (κ3) is 4.91. The summed E-state index contributed by atoms with van der Waals surface area (Å²) < 4.78 is 0. The Hall–Kier alpha value is -1.76. The van der Waals surface area contributed by atoms with Crippen molar-refractivity contribution in [3.63, 3.8) is 0 Å². The lowest BCUT2D eigenvalue weighted by molar-refractivity contribution is -0.125. The van der Waals surface area contributed by atoms with Crippen LogP contribution in [-0.4, -0.2) is 36.4 Å². The summed E-state index contributed by atoms with van der Waals surface area (Å²) >= 11 is 5.98. The summed E-state index contributed by atoms with van der Waals surface area (Å²) in [7, 11) is 0. The Balaban J connectivity index is 0.00000242. The smallest absolute Gasteiger partial charge is 0.239 e. The first-order valence-electron chi connectivity index (χ1n) is 6.59. The second-order valence-corrected chi connectivity index (χ2v) is 5.02. The van der Waals surface area contributed by atoms with Crippen LogP contribution in [0, 0.1) is 0 Å². The third-order valence-corrected chi connectivity index (χ3v) is 3.31. The first-order chi connectivity index (χ1) is 10.1. The van der Waals surface area contributed by atoms with Crippen molar-refractivity contribution in [1.82, 2.24) is 15.6 Å². The monoisotopic (exact) mass is 344 g/mol. The molecule has 0 aliphatic carbocycles. The van der Waals surface area contributed by atoms with Crippen LogP contribution in [0.1, 0.15) is 5.56 Å². The molecule has 0 saturated heterocycles. The molecule has 0 radical (unpaired) electrons. The Kier molecular flexibility index (Phi) is 7.17. The molecule has 6 nitrogen and oxygen atoms in total. The van der Waals surface area contributed by atoms with Crippen LogP contribution in [0.5, 0.6) is 0 Å². The molecule has 2 aromatic rings. The summed E-state index contributed by atoms with van der Waals surface area (Å²) in [6.45, 7) is 0.302. The SMILES string of the molecule is Cl.NCC(=O)NCC(=O)NCCc1c[nH]c2ccc(Cl)cc12. The van der Waals surface area contributed by atoms with E-state index in [1.165, 1.54) is 0 Å². The third-order valence-electron chi connectivity index (χ3n) is 3.08. The molecule has 1 heterocycles. The van der Waals surface area contributed by atoms with Gasteiger partial charge in [-0.15, -0.1) is 12.4 Å². The van der Waals surface area contributed by atoms with Gasteiger partial charge in [-0.2, -0.15) is 0 Å². The van der Waals surface area contributed by atoms with Gasteiger partial charge < -0.3 is 21.4 Å². The molecule has 0 aliphatic heterocycles. The number of benzene rings is 1. The number of H-pyrrole nitrogens is 1. The minimum Gasteiger partial charge on any atom is -0.361 e. The molecule has 1 aromatic heterocycles. The van der Waals surface area contributed by atoms with E-state index in [2.05, 4.69) is 15.6 Å². The fourth-order valence-corrected chi connectivity index (χ4v) is 2.18. The first-order valence-corrected chi connectivity index (χ1v) is 6.97. The summed E-state index contributed by atoms with van der Waals surface area (Å²) in [6, 6.07) is 5.64. The number of nitrogens with one attached hydrogen (secondary N) is 3. The van der Waals surface area contributed by atoms with Crippen LogP contribution in [0.3, 0.4) is 0 Å². The van der Waals surface area contributed by atoms with E-state index in [1.807, 2.05) is 24.4 Å². The van der Waals surface area contributed by atoms with Gasteiger partial charge in [0.2, 0.25) is 11.8 Å². The normalized spacial score (nSPS) is 10.1. The summed E-state index contributed by atoms with van der Waals surface area (Å²) in [4.78, 5) is 25.6. The largest absolute Gasteiger partial charge is 0.361 e. The van der Waals surface area contributed by atoms with Gasteiger partial charge in [0.1, 0.15) is 0 Å². The zero-order valence-electron chi connectivity index (χ0n) is 11.8. The summed E-state index contributed by atoms with van der Waals surface area (Å²) in [5, 5.41) is 6.88. The number of nitrogens with two attached hydrogens (primary N) is 1. The molecule has 1 aromatic carbocycles. The van der Waals surface area contributed by atoms with Crippen molar-refractivity contribution >= 4 is 46.7 Å². The van der Waals surface area contributed by atoms with E-state index in [4.69, 9.17) is 17.3 Å². The molecule has 2 amide bonds. The minimum absolute atomic E-state index is 0. The van der Waals surface area contributed by atoms with E-state index in [9.17, 15) is 9.59 Å². The van der Waals surface area contributed by atoms with Gasteiger partial charge in [0.25, 0.3) is 0 Å². The Bertz CT molecular complexity index is 657. The number of hydrogen-bond acceptors (Lipinski definition) is 3. The van der Waals surface area contributed by atoms with Gasteiger partial charge in [-0.1, -0.05) is 11.6 Å². The van der Waals surface area contributed by atoms with Crippen LogP contribution in [0.2, 0.25) is 5.02 Å². The number of hydrogen-bond donors (Lipinski definition) is 4. The van der Waals surface area contributed by atoms with E-state index >= 15 is 0 Å². The van der Waals surface area contributed by atoms with E-state index in [-0.39, 0.29) is 37.3 Å². The molecule has 120 valence electrons. The Morgan fingerprint density at radius 2 is 2.00 bits per heavy atom. The molecule has 0 atom stereocenters.